The number of aromatic nitrogens is 2. The van der Waals surface area contributed by atoms with Gasteiger partial charge in [0.1, 0.15) is 17.6 Å². The van der Waals surface area contributed by atoms with Gasteiger partial charge in [-0.25, -0.2) is 23.2 Å². The number of hydrogen-bond donors (Lipinski definition) is 2. The van der Waals surface area contributed by atoms with Gasteiger partial charge in [0, 0.05) is 50.1 Å². The van der Waals surface area contributed by atoms with Crippen molar-refractivity contribution in [3.8, 4) is 0 Å². The normalized spacial score (nSPS) is 15.5. The van der Waals surface area contributed by atoms with Crippen molar-refractivity contribution in [2.24, 2.45) is 10.9 Å². The van der Waals surface area contributed by atoms with Crippen LogP contribution in [0.3, 0.4) is 0 Å². The van der Waals surface area contributed by atoms with Crippen LogP contribution in [0.5, 0.6) is 0 Å². The molecule has 0 radical (unpaired) electrons. The molecule has 1 aromatic carbocycles. The van der Waals surface area contributed by atoms with Crippen LogP contribution >= 0.6 is 22.9 Å². The molecule has 2 atom stereocenters. The Morgan fingerprint density at radius 2 is 1.92 bits per heavy atom. The number of hydrogen-bond acceptors (Lipinski definition) is 10. The zero-order valence-corrected chi connectivity index (χ0v) is 29.6. The van der Waals surface area contributed by atoms with E-state index in [0.717, 1.165) is 10.4 Å². The lowest BCUT2D eigenvalue weighted by Gasteiger charge is -2.31. The van der Waals surface area contributed by atoms with E-state index >= 15 is 0 Å². The molecule has 0 saturated carbocycles. The van der Waals surface area contributed by atoms with Crippen LogP contribution in [0.15, 0.2) is 99.9 Å². The average molecular weight is 725 g/mol. The molecule has 258 valence electrons. The number of carbonyl (C=O) groups excluding carboxylic acids is 2. The Labute approximate surface area is 294 Å². The van der Waals surface area contributed by atoms with Gasteiger partial charge < -0.3 is 15.2 Å². The van der Waals surface area contributed by atoms with Crippen molar-refractivity contribution in [3.05, 3.63) is 116 Å². The van der Waals surface area contributed by atoms with Crippen molar-refractivity contribution in [1.82, 2.24) is 24.5 Å². The molecule has 2 aliphatic rings. The summed E-state index contributed by atoms with van der Waals surface area (Å²) < 4.78 is 34.9. The van der Waals surface area contributed by atoms with Crippen molar-refractivity contribution >= 4 is 50.7 Å². The highest BCUT2D eigenvalue weighted by molar-refractivity contribution is 7.93. The number of fused-ring (bicyclic) bond motifs is 1. The number of thiazole rings is 1. The highest BCUT2D eigenvalue weighted by atomic mass is 35.5. The van der Waals surface area contributed by atoms with Crippen LogP contribution in [-0.2, 0) is 27.8 Å². The molecule has 2 aromatic heterocycles. The third-order valence-electron chi connectivity index (χ3n) is 7.81. The molecular formula is C34H37ClN6O6S2. The minimum absolute atomic E-state index is 0.00241. The Morgan fingerprint density at radius 3 is 2.61 bits per heavy atom. The first-order chi connectivity index (χ1) is 23.4. The maximum absolute atomic E-state index is 14.2. The summed E-state index contributed by atoms with van der Waals surface area (Å²) in [5.74, 6) is -0.0542. The van der Waals surface area contributed by atoms with Gasteiger partial charge in [-0.2, -0.15) is 4.31 Å². The monoisotopic (exact) mass is 724 g/mol. The number of carbonyl (C=O) groups is 2. The van der Waals surface area contributed by atoms with Gasteiger partial charge >= 0.3 is 6.09 Å². The summed E-state index contributed by atoms with van der Waals surface area (Å²) in [7, 11) is -2.52. The quantitative estimate of drug-likeness (QED) is 0.221. The van der Waals surface area contributed by atoms with Gasteiger partial charge in [-0.05, 0) is 42.2 Å². The van der Waals surface area contributed by atoms with Crippen molar-refractivity contribution in [1.29, 1.82) is 0 Å². The minimum atomic E-state index is -4.10. The zero-order valence-electron chi connectivity index (χ0n) is 27.2. The van der Waals surface area contributed by atoms with Crippen molar-refractivity contribution in [3.63, 3.8) is 0 Å². The van der Waals surface area contributed by atoms with Gasteiger partial charge in [0.15, 0.2) is 0 Å². The highest BCUT2D eigenvalue weighted by Gasteiger charge is 2.35. The topological polar surface area (TPSA) is 154 Å². The van der Waals surface area contributed by atoms with E-state index in [-0.39, 0.29) is 54.4 Å². The second kappa shape index (κ2) is 16.0. The fourth-order valence-electron chi connectivity index (χ4n) is 5.31. The number of amides is 2. The van der Waals surface area contributed by atoms with E-state index in [4.69, 9.17) is 16.3 Å². The van der Waals surface area contributed by atoms with Crippen LogP contribution in [0.4, 0.5) is 4.79 Å². The van der Waals surface area contributed by atoms with E-state index in [1.165, 1.54) is 38.9 Å². The van der Waals surface area contributed by atoms with E-state index in [1.807, 2.05) is 44.2 Å². The smallest absolute Gasteiger partial charge is 0.407 e. The molecule has 0 saturated heterocycles. The number of aliphatic imine (C=N–C) groups is 1. The maximum atomic E-state index is 14.2. The maximum Gasteiger partial charge on any atom is 0.407 e. The molecule has 0 fully saturated rings. The summed E-state index contributed by atoms with van der Waals surface area (Å²) in [5, 5.41) is 14.5. The summed E-state index contributed by atoms with van der Waals surface area (Å²) >= 11 is 7.31. The molecule has 12 nitrogen and oxygen atoms in total. The highest BCUT2D eigenvalue weighted by Crippen LogP contribution is 2.31. The molecule has 3 aromatic rings. The molecule has 2 N–H and O–H groups in total. The van der Waals surface area contributed by atoms with E-state index in [2.05, 4.69) is 20.3 Å². The SMILES string of the molecule is CC(C)CN(CC(O)C(Cc1ccccc1)NC(=O)OCc1cncs1)S(=O)(=O)C1=CC=C2C=C(N(C)C(=O)c3ccnc(Cl)c3)N=C2C1. The Morgan fingerprint density at radius 1 is 1.14 bits per heavy atom. The summed E-state index contributed by atoms with van der Waals surface area (Å²) in [5.41, 5.74) is 4.01. The number of aliphatic hydroxyl groups is 1. The number of ether oxygens (including phenoxy) is 1. The summed E-state index contributed by atoms with van der Waals surface area (Å²) in [6.07, 6.45) is 6.18. The standard InChI is InChI=1S/C34H37ClN6O6S2/c1-22(2)18-41(19-30(42)29(13-23-7-5-4-6-8-23)39-34(44)47-20-26-17-36-21-48-26)49(45,46)27-10-9-24-15-32(38-28(24)16-27)40(3)33(43)25-11-12-37-31(35)14-25/h4-12,14-15,17,21-22,29-30,42H,13,16,18-20H2,1-3H3,(H,39,44). The summed E-state index contributed by atoms with van der Waals surface area (Å²) in [6.45, 7) is 3.65. The first kappa shape index (κ1) is 36.1. The van der Waals surface area contributed by atoms with Crippen LogP contribution in [-0.4, -0.2) is 82.7 Å². The summed E-state index contributed by atoms with van der Waals surface area (Å²) in [6, 6.07) is 11.4. The van der Waals surface area contributed by atoms with Crippen LogP contribution in [0.2, 0.25) is 5.15 Å². The zero-order chi connectivity index (χ0) is 35.1. The second-order valence-corrected chi connectivity index (χ2v) is 15.3. The molecule has 1 aliphatic heterocycles. The van der Waals surface area contributed by atoms with Gasteiger partial charge in [0.05, 0.1) is 33.2 Å². The number of nitrogens with one attached hydrogen (secondary N) is 1. The number of sulfonamides is 1. The van der Waals surface area contributed by atoms with Crippen molar-refractivity contribution < 1.29 is 27.9 Å². The van der Waals surface area contributed by atoms with Gasteiger partial charge in [0.25, 0.3) is 5.91 Å². The lowest BCUT2D eigenvalue weighted by Crippen LogP contribution is -2.51. The van der Waals surface area contributed by atoms with Crippen molar-refractivity contribution in [2.45, 2.75) is 45.4 Å². The number of pyridine rings is 1. The lowest BCUT2D eigenvalue weighted by atomic mass is 10.0. The largest absolute Gasteiger partial charge is 0.444 e. The number of aliphatic hydroxyl groups excluding tert-OH is 1. The van der Waals surface area contributed by atoms with Gasteiger partial charge in [-0.1, -0.05) is 61.9 Å². The third kappa shape index (κ3) is 9.28. The Hall–Kier alpha value is -4.21. The van der Waals surface area contributed by atoms with Gasteiger partial charge in [0.2, 0.25) is 10.0 Å². The molecule has 5 rings (SSSR count). The third-order valence-corrected chi connectivity index (χ3v) is 10.7. The van der Waals surface area contributed by atoms with Crippen LogP contribution in [0.25, 0.3) is 0 Å². The first-order valence-corrected chi connectivity index (χ1v) is 18.2. The molecule has 1 aliphatic carbocycles. The molecule has 2 unspecified atom stereocenters. The molecule has 49 heavy (non-hydrogen) atoms. The van der Waals surface area contributed by atoms with Crippen LogP contribution in [0.1, 0.15) is 41.1 Å². The Balaban J connectivity index is 1.31. The van der Waals surface area contributed by atoms with Gasteiger partial charge in [-0.15, -0.1) is 11.3 Å². The Bertz CT molecular complexity index is 1890. The number of rotatable bonds is 14. The van der Waals surface area contributed by atoms with Crippen LogP contribution in [0, 0.1) is 5.92 Å². The summed E-state index contributed by atoms with van der Waals surface area (Å²) in [4.78, 5) is 40.6. The van der Waals surface area contributed by atoms with Crippen molar-refractivity contribution in [2.75, 3.05) is 20.1 Å². The first-order valence-electron chi connectivity index (χ1n) is 15.5. The van der Waals surface area contributed by atoms with E-state index in [9.17, 15) is 23.1 Å². The number of alkyl carbamates (subject to hydrolysis) is 1. The number of allylic oxidation sites excluding steroid dienone is 5. The van der Waals surface area contributed by atoms with E-state index in [0.29, 0.717) is 22.7 Å². The molecular weight excluding hydrogens is 688 g/mol. The fraction of sp³-hybridized carbons (Fsp3) is 0.324. The molecule has 0 bridgehead atoms. The minimum Gasteiger partial charge on any atom is -0.444 e. The Kier molecular flexibility index (Phi) is 11.8. The van der Waals surface area contributed by atoms with E-state index in [1.54, 1.807) is 37.0 Å². The number of halogens is 1. The molecule has 15 heteroatoms. The lowest BCUT2D eigenvalue weighted by molar-refractivity contribution is 0.0835. The van der Waals surface area contributed by atoms with Gasteiger partial charge in [-0.3, -0.25) is 14.7 Å². The second-order valence-electron chi connectivity index (χ2n) is 12.0. The predicted molar refractivity (Wildman–Crippen MR) is 188 cm³/mol. The van der Waals surface area contributed by atoms with E-state index < -0.39 is 28.3 Å². The molecule has 3 heterocycles. The number of benzene rings is 1. The molecule has 2 amide bonds. The molecule has 0 spiro atoms. The van der Waals surface area contributed by atoms with Crippen LogP contribution < -0.4 is 5.32 Å². The number of nitrogens with zero attached hydrogens (tertiary/aromatic N) is 5. The average Bonchev–Trinajstić information content (AvgIpc) is 3.76. The predicted octanol–water partition coefficient (Wildman–Crippen LogP) is 4.96. The fourth-order valence-corrected chi connectivity index (χ4v) is 7.72.